The number of rotatable bonds is 7. The molecule has 0 radical (unpaired) electrons. The third-order valence-corrected chi connectivity index (χ3v) is 4.36. The van der Waals surface area contributed by atoms with Crippen LogP contribution in [-0.2, 0) is 30.2 Å². The second-order valence-corrected chi connectivity index (χ2v) is 9.81. The number of ether oxygens (including phenoxy) is 3. The van der Waals surface area contributed by atoms with E-state index in [1.165, 1.54) is 12.5 Å². The van der Waals surface area contributed by atoms with Crippen LogP contribution in [0.1, 0.15) is 67.5 Å². The average Bonchev–Trinajstić information content (AvgIpc) is 3.12. The van der Waals surface area contributed by atoms with E-state index in [1.54, 1.807) is 48.5 Å². The molecule has 0 bridgehead atoms. The first kappa shape index (κ1) is 28.1. The predicted octanol–water partition coefficient (Wildman–Crippen LogP) is 2.55. The van der Waals surface area contributed by atoms with Crippen molar-refractivity contribution in [3.05, 3.63) is 18.2 Å². The number of nitrogens with zero attached hydrogens (tertiary/aromatic N) is 2. The summed E-state index contributed by atoms with van der Waals surface area (Å²) in [5.41, 5.74) is 4.59. The first-order valence-corrected chi connectivity index (χ1v) is 10.8. The molecule has 0 aliphatic heterocycles. The molecule has 0 aliphatic rings. The van der Waals surface area contributed by atoms with Gasteiger partial charge < -0.3 is 25.3 Å². The number of nitrogens with one attached hydrogen (secondary N) is 1. The Labute approximate surface area is 194 Å². The Balaban J connectivity index is 3.01. The second kappa shape index (κ2) is 11.3. The van der Waals surface area contributed by atoms with Crippen LogP contribution < -0.4 is 11.1 Å². The number of carbonyl (C=O) groups is 4. The zero-order chi connectivity index (χ0) is 25.6. The fourth-order valence-corrected chi connectivity index (χ4v) is 2.46. The molecule has 0 saturated heterocycles. The second-order valence-electron chi connectivity index (χ2n) is 9.81. The molecule has 3 N–H and O–H groups in total. The Bertz CT molecular complexity index is 852. The first-order valence-electron chi connectivity index (χ1n) is 10.8. The SMILES string of the molecule is CC[C@H](C)[C@H](N)C(=O)OC(=O)[C@H](Cc1cn(C(=O)OC(C)(C)C)cn1)NC(=O)OC(C)(C)C. The van der Waals surface area contributed by atoms with Crippen LogP contribution in [-0.4, -0.2) is 57.0 Å². The smallest absolute Gasteiger partial charge is 0.419 e. The summed E-state index contributed by atoms with van der Waals surface area (Å²) >= 11 is 0. The van der Waals surface area contributed by atoms with Crippen LogP contribution in [0, 0.1) is 5.92 Å². The van der Waals surface area contributed by atoms with Gasteiger partial charge in [0.25, 0.3) is 0 Å². The molecule has 1 aromatic heterocycles. The molecule has 33 heavy (non-hydrogen) atoms. The monoisotopic (exact) mass is 468 g/mol. The van der Waals surface area contributed by atoms with Crippen molar-refractivity contribution in [3.8, 4) is 0 Å². The Morgan fingerprint density at radius 2 is 1.64 bits per heavy atom. The highest BCUT2D eigenvalue weighted by Gasteiger charge is 2.31. The molecule has 0 spiro atoms. The van der Waals surface area contributed by atoms with Gasteiger partial charge in [0.05, 0.1) is 5.69 Å². The number of aromatic nitrogens is 2. The third-order valence-electron chi connectivity index (χ3n) is 4.36. The predicted molar refractivity (Wildman–Crippen MR) is 119 cm³/mol. The molecule has 1 heterocycles. The summed E-state index contributed by atoms with van der Waals surface area (Å²) in [6.07, 6.45) is 1.50. The van der Waals surface area contributed by atoms with E-state index in [2.05, 4.69) is 10.3 Å². The van der Waals surface area contributed by atoms with Gasteiger partial charge in [-0.2, -0.15) is 0 Å². The van der Waals surface area contributed by atoms with Crippen LogP contribution in [0.2, 0.25) is 0 Å². The largest absolute Gasteiger partial charge is 0.444 e. The number of amides is 1. The summed E-state index contributed by atoms with van der Waals surface area (Å²) < 4.78 is 16.5. The molecule has 11 nitrogen and oxygen atoms in total. The van der Waals surface area contributed by atoms with Crippen molar-refractivity contribution in [2.45, 2.75) is 91.5 Å². The molecule has 0 aliphatic carbocycles. The van der Waals surface area contributed by atoms with E-state index in [0.29, 0.717) is 6.42 Å². The lowest BCUT2D eigenvalue weighted by molar-refractivity contribution is -0.162. The lowest BCUT2D eigenvalue weighted by atomic mass is 10.0. The molecular weight excluding hydrogens is 432 g/mol. The van der Waals surface area contributed by atoms with Gasteiger partial charge in [0.15, 0.2) is 0 Å². The third kappa shape index (κ3) is 10.0. The molecule has 11 heteroatoms. The summed E-state index contributed by atoms with van der Waals surface area (Å²) in [5.74, 6) is -2.12. The molecule has 3 atom stereocenters. The van der Waals surface area contributed by atoms with Crippen molar-refractivity contribution in [2.24, 2.45) is 11.7 Å². The maximum Gasteiger partial charge on any atom is 0.419 e. The van der Waals surface area contributed by atoms with Crippen LogP contribution in [0.4, 0.5) is 9.59 Å². The summed E-state index contributed by atoms with van der Waals surface area (Å²) in [6, 6.07) is -2.30. The minimum Gasteiger partial charge on any atom is -0.444 e. The van der Waals surface area contributed by atoms with E-state index in [0.717, 1.165) is 4.57 Å². The highest BCUT2D eigenvalue weighted by molar-refractivity contribution is 5.92. The number of nitrogens with two attached hydrogens (primary N) is 1. The van der Waals surface area contributed by atoms with Crippen molar-refractivity contribution in [2.75, 3.05) is 0 Å². The highest BCUT2D eigenvalue weighted by Crippen LogP contribution is 2.12. The van der Waals surface area contributed by atoms with Crippen LogP contribution in [0.3, 0.4) is 0 Å². The van der Waals surface area contributed by atoms with Crippen molar-refractivity contribution >= 4 is 24.1 Å². The Kier molecular flexibility index (Phi) is 9.58. The molecule has 0 saturated carbocycles. The average molecular weight is 469 g/mol. The quantitative estimate of drug-likeness (QED) is 0.349. The fraction of sp³-hybridized carbons (Fsp3) is 0.682. The van der Waals surface area contributed by atoms with Gasteiger partial charge in [0.2, 0.25) is 0 Å². The minimum atomic E-state index is -1.31. The minimum absolute atomic E-state index is 0.167. The van der Waals surface area contributed by atoms with Crippen LogP contribution >= 0.6 is 0 Å². The Morgan fingerprint density at radius 1 is 1.06 bits per heavy atom. The summed E-state index contributed by atoms with van der Waals surface area (Å²) in [7, 11) is 0. The summed E-state index contributed by atoms with van der Waals surface area (Å²) in [5, 5.41) is 2.39. The van der Waals surface area contributed by atoms with Gasteiger partial charge in [-0.3, -0.25) is 0 Å². The molecule has 1 amide bonds. The van der Waals surface area contributed by atoms with Gasteiger partial charge >= 0.3 is 24.1 Å². The lowest BCUT2D eigenvalue weighted by Gasteiger charge is -2.23. The Morgan fingerprint density at radius 3 is 2.15 bits per heavy atom. The molecule has 0 aromatic carbocycles. The number of hydrogen-bond acceptors (Lipinski definition) is 9. The number of imidazole rings is 1. The number of hydrogen-bond donors (Lipinski definition) is 2. The zero-order valence-electron chi connectivity index (χ0n) is 20.6. The maximum absolute atomic E-state index is 12.7. The number of carbonyl (C=O) groups excluding carboxylic acids is 4. The van der Waals surface area contributed by atoms with E-state index in [-0.39, 0.29) is 18.0 Å². The van der Waals surface area contributed by atoms with Crippen molar-refractivity contribution in [3.63, 3.8) is 0 Å². The van der Waals surface area contributed by atoms with Crippen molar-refractivity contribution in [1.82, 2.24) is 14.9 Å². The number of alkyl carbamates (subject to hydrolysis) is 1. The van der Waals surface area contributed by atoms with Crippen LogP contribution in [0.5, 0.6) is 0 Å². The number of esters is 2. The standard InChI is InChI=1S/C22H36N4O7/c1-9-13(2)16(23)18(28)31-17(27)15(25-19(29)32-21(3,4)5)10-14-11-26(12-24-14)20(30)33-22(6,7)8/h11-13,15-16H,9-10,23H2,1-8H3,(H,25,29)/t13-,15-,16-/m0/s1. The van der Waals surface area contributed by atoms with Gasteiger partial charge in [-0.1, -0.05) is 20.3 Å². The molecule has 0 fully saturated rings. The van der Waals surface area contributed by atoms with Gasteiger partial charge in [-0.25, -0.2) is 28.7 Å². The molecule has 1 rings (SSSR count). The van der Waals surface area contributed by atoms with E-state index in [9.17, 15) is 19.2 Å². The van der Waals surface area contributed by atoms with Crippen molar-refractivity contribution < 1.29 is 33.4 Å². The molecule has 1 aromatic rings. The van der Waals surface area contributed by atoms with Crippen molar-refractivity contribution in [1.29, 1.82) is 0 Å². The maximum atomic E-state index is 12.7. The zero-order valence-corrected chi connectivity index (χ0v) is 20.6. The first-order chi connectivity index (χ1) is 15.0. The van der Waals surface area contributed by atoms with E-state index < -0.39 is 47.4 Å². The normalized spacial score (nSPS) is 14.6. The molecular formula is C22H36N4O7. The summed E-state index contributed by atoms with van der Waals surface area (Å²) in [6.45, 7) is 13.8. The lowest BCUT2D eigenvalue weighted by Crippen LogP contribution is -2.48. The fourth-order valence-electron chi connectivity index (χ4n) is 2.46. The van der Waals surface area contributed by atoms with E-state index in [1.807, 2.05) is 6.92 Å². The van der Waals surface area contributed by atoms with E-state index in [4.69, 9.17) is 19.9 Å². The highest BCUT2D eigenvalue weighted by atomic mass is 16.6. The molecule has 0 unspecified atom stereocenters. The van der Waals surface area contributed by atoms with Gasteiger partial charge in [0.1, 0.15) is 29.6 Å². The summed E-state index contributed by atoms with van der Waals surface area (Å²) in [4.78, 5) is 53.5. The van der Waals surface area contributed by atoms with Crippen LogP contribution in [0.15, 0.2) is 12.5 Å². The van der Waals surface area contributed by atoms with Gasteiger partial charge in [-0.15, -0.1) is 0 Å². The van der Waals surface area contributed by atoms with Gasteiger partial charge in [0, 0.05) is 12.6 Å². The molecule has 186 valence electrons. The Hall–Kier alpha value is -2.95. The van der Waals surface area contributed by atoms with E-state index >= 15 is 0 Å². The van der Waals surface area contributed by atoms with Crippen LogP contribution in [0.25, 0.3) is 0 Å². The topological polar surface area (TPSA) is 152 Å². The van der Waals surface area contributed by atoms with Gasteiger partial charge in [-0.05, 0) is 47.5 Å².